The number of carbonyl (C=O) groups is 1. The third-order valence-electron chi connectivity index (χ3n) is 4.68. The summed E-state index contributed by atoms with van der Waals surface area (Å²) in [6.45, 7) is 0. The lowest BCUT2D eigenvalue weighted by atomic mass is 9.76. The lowest BCUT2D eigenvalue weighted by Crippen LogP contribution is -2.55. The number of hydrogen-bond donors (Lipinski definition) is 1. The van der Waals surface area contributed by atoms with E-state index in [9.17, 15) is 9.90 Å². The molecule has 110 valence electrons. The summed E-state index contributed by atoms with van der Waals surface area (Å²) in [6.07, 6.45) is 9.11. The minimum atomic E-state index is -0.801. The summed E-state index contributed by atoms with van der Waals surface area (Å²) in [4.78, 5) is 21.8. The Kier molecular flexibility index (Phi) is 3.74. The lowest BCUT2D eigenvalue weighted by Gasteiger charge is -2.47. The number of carboxylic acids is 1. The van der Waals surface area contributed by atoms with Crippen molar-refractivity contribution in [3.05, 3.63) is 18.1 Å². The van der Waals surface area contributed by atoms with Gasteiger partial charge >= 0.3 is 5.97 Å². The zero-order valence-corrected chi connectivity index (χ0v) is 11.8. The Balaban J connectivity index is 1.95. The molecule has 1 aromatic rings. The quantitative estimate of drug-likeness (QED) is 0.893. The molecule has 3 atom stereocenters. The van der Waals surface area contributed by atoms with Crippen molar-refractivity contribution in [3.8, 4) is 6.07 Å². The number of aliphatic carboxylic acids is 1. The first-order valence-corrected chi connectivity index (χ1v) is 7.44. The first kappa shape index (κ1) is 13.8. The maximum absolute atomic E-state index is 11.6. The number of nitrogens with zero attached hydrogens (tertiary/aromatic N) is 4. The van der Waals surface area contributed by atoms with Gasteiger partial charge in [0.25, 0.3) is 0 Å². The van der Waals surface area contributed by atoms with E-state index in [2.05, 4.69) is 9.97 Å². The van der Waals surface area contributed by atoms with E-state index < -0.39 is 12.0 Å². The van der Waals surface area contributed by atoms with E-state index in [1.807, 2.05) is 11.0 Å². The molecule has 6 heteroatoms. The molecule has 0 bridgehead atoms. The Morgan fingerprint density at radius 2 is 2.05 bits per heavy atom. The number of piperidine rings is 1. The first-order valence-electron chi connectivity index (χ1n) is 7.44. The van der Waals surface area contributed by atoms with E-state index in [4.69, 9.17) is 5.26 Å². The van der Waals surface area contributed by atoms with Gasteiger partial charge in [0.1, 0.15) is 17.9 Å². The number of aromatic nitrogens is 2. The summed E-state index contributed by atoms with van der Waals surface area (Å²) in [5.41, 5.74) is 0.253. The Morgan fingerprint density at radius 1 is 1.24 bits per heavy atom. The molecular weight excluding hydrogens is 268 g/mol. The molecule has 1 aliphatic heterocycles. The zero-order valence-electron chi connectivity index (χ0n) is 11.8. The maximum atomic E-state index is 11.6. The average Bonchev–Trinajstić information content (AvgIpc) is 2.53. The van der Waals surface area contributed by atoms with Crippen molar-refractivity contribution in [1.82, 2.24) is 9.97 Å². The van der Waals surface area contributed by atoms with Gasteiger partial charge in [-0.2, -0.15) is 5.26 Å². The fourth-order valence-electron chi connectivity index (χ4n) is 3.72. The van der Waals surface area contributed by atoms with Crippen molar-refractivity contribution >= 4 is 11.8 Å². The average molecular weight is 286 g/mol. The zero-order chi connectivity index (χ0) is 14.8. The fourth-order valence-corrected chi connectivity index (χ4v) is 3.72. The predicted molar refractivity (Wildman–Crippen MR) is 75.6 cm³/mol. The molecule has 0 spiro atoms. The van der Waals surface area contributed by atoms with Gasteiger partial charge in [0, 0.05) is 6.04 Å². The molecule has 21 heavy (non-hydrogen) atoms. The minimum absolute atomic E-state index is 0.232. The van der Waals surface area contributed by atoms with Gasteiger partial charge in [0.2, 0.25) is 0 Å². The second kappa shape index (κ2) is 5.68. The normalized spacial score (nSPS) is 28.5. The Bertz CT molecular complexity index is 566. The molecule has 2 aliphatic rings. The molecule has 1 aliphatic carbocycles. The molecule has 2 fully saturated rings. The van der Waals surface area contributed by atoms with Crippen LogP contribution >= 0.6 is 0 Å². The van der Waals surface area contributed by atoms with E-state index in [1.165, 1.54) is 18.8 Å². The second-order valence-electron chi connectivity index (χ2n) is 5.82. The fraction of sp³-hybridized carbons (Fsp3) is 0.600. The van der Waals surface area contributed by atoms with E-state index in [1.54, 1.807) is 0 Å². The van der Waals surface area contributed by atoms with Crippen LogP contribution in [-0.2, 0) is 4.79 Å². The van der Waals surface area contributed by atoms with Crippen LogP contribution in [0.2, 0.25) is 0 Å². The number of fused-ring (bicyclic) bond motifs is 1. The highest BCUT2D eigenvalue weighted by molar-refractivity contribution is 5.78. The van der Waals surface area contributed by atoms with Crippen molar-refractivity contribution in [3.63, 3.8) is 0 Å². The molecule has 0 amide bonds. The molecule has 2 heterocycles. The van der Waals surface area contributed by atoms with Gasteiger partial charge in [-0.25, -0.2) is 14.8 Å². The van der Waals surface area contributed by atoms with Crippen LogP contribution in [0.15, 0.2) is 12.4 Å². The summed E-state index contributed by atoms with van der Waals surface area (Å²) >= 11 is 0. The van der Waals surface area contributed by atoms with Crippen LogP contribution in [-0.4, -0.2) is 33.1 Å². The van der Waals surface area contributed by atoms with Gasteiger partial charge in [-0.05, 0) is 31.6 Å². The van der Waals surface area contributed by atoms with Crippen LogP contribution in [0.1, 0.15) is 44.2 Å². The molecule has 0 aromatic carbocycles. The molecule has 0 radical (unpaired) electrons. The molecule has 3 rings (SSSR count). The third kappa shape index (κ3) is 2.56. The van der Waals surface area contributed by atoms with E-state index >= 15 is 0 Å². The van der Waals surface area contributed by atoms with Gasteiger partial charge in [-0.1, -0.05) is 12.8 Å². The van der Waals surface area contributed by atoms with Crippen molar-refractivity contribution in [2.75, 3.05) is 4.90 Å². The molecule has 3 unspecified atom stereocenters. The van der Waals surface area contributed by atoms with Crippen LogP contribution in [0.3, 0.4) is 0 Å². The Hall–Kier alpha value is -2.16. The number of carboxylic acid groups (broad SMARTS) is 1. The van der Waals surface area contributed by atoms with Gasteiger partial charge in [0.05, 0.1) is 12.4 Å². The van der Waals surface area contributed by atoms with E-state index in [0.717, 1.165) is 25.7 Å². The molecule has 1 saturated carbocycles. The molecule has 1 aromatic heterocycles. The van der Waals surface area contributed by atoms with Crippen molar-refractivity contribution in [2.24, 2.45) is 5.92 Å². The van der Waals surface area contributed by atoms with Crippen LogP contribution < -0.4 is 4.90 Å². The van der Waals surface area contributed by atoms with Crippen LogP contribution in [0.4, 0.5) is 5.82 Å². The van der Waals surface area contributed by atoms with Crippen LogP contribution in [0.25, 0.3) is 0 Å². The van der Waals surface area contributed by atoms with Crippen molar-refractivity contribution in [1.29, 1.82) is 5.26 Å². The highest BCUT2D eigenvalue weighted by atomic mass is 16.4. The lowest BCUT2D eigenvalue weighted by molar-refractivity contribution is -0.139. The topological polar surface area (TPSA) is 90.1 Å². The molecule has 1 saturated heterocycles. The maximum Gasteiger partial charge on any atom is 0.326 e. The number of rotatable bonds is 2. The van der Waals surface area contributed by atoms with Crippen molar-refractivity contribution < 1.29 is 9.90 Å². The van der Waals surface area contributed by atoms with Crippen LogP contribution in [0, 0.1) is 17.2 Å². The summed E-state index contributed by atoms with van der Waals surface area (Å²) in [7, 11) is 0. The van der Waals surface area contributed by atoms with Gasteiger partial charge < -0.3 is 10.0 Å². The number of nitriles is 1. The summed E-state index contributed by atoms with van der Waals surface area (Å²) in [5.74, 6) is 0.329. The van der Waals surface area contributed by atoms with Gasteiger partial charge in [-0.15, -0.1) is 0 Å². The number of hydrogen-bond acceptors (Lipinski definition) is 5. The largest absolute Gasteiger partial charge is 0.480 e. The smallest absolute Gasteiger partial charge is 0.326 e. The second-order valence-corrected chi connectivity index (χ2v) is 5.82. The standard InChI is InChI=1S/C15H18N4O2/c16-7-11-8-18-14(9-17-11)19-12-4-2-1-3-10(12)5-6-13(19)15(20)21/h8-10,12-13H,1-6H2,(H,20,21). The molecule has 6 nitrogen and oxygen atoms in total. The molecule has 1 N–H and O–H groups in total. The highest BCUT2D eigenvalue weighted by Gasteiger charge is 2.42. The monoisotopic (exact) mass is 286 g/mol. The number of anilines is 1. The summed E-state index contributed by atoms with van der Waals surface area (Å²) < 4.78 is 0. The summed E-state index contributed by atoms with van der Waals surface area (Å²) in [5, 5.41) is 18.3. The van der Waals surface area contributed by atoms with E-state index in [0.29, 0.717) is 18.2 Å². The highest BCUT2D eigenvalue weighted by Crippen LogP contribution is 2.39. The van der Waals surface area contributed by atoms with E-state index in [-0.39, 0.29) is 11.7 Å². The predicted octanol–water partition coefficient (Wildman–Crippen LogP) is 1.96. The first-order chi connectivity index (χ1) is 10.2. The Morgan fingerprint density at radius 3 is 2.71 bits per heavy atom. The Labute approximate surface area is 123 Å². The SMILES string of the molecule is N#Cc1cnc(N2C(C(=O)O)CCC3CCCCC32)cn1. The van der Waals surface area contributed by atoms with Gasteiger partial charge in [-0.3, -0.25) is 0 Å². The van der Waals surface area contributed by atoms with Gasteiger partial charge in [0.15, 0.2) is 5.69 Å². The van der Waals surface area contributed by atoms with Crippen molar-refractivity contribution in [2.45, 2.75) is 50.6 Å². The third-order valence-corrected chi connectivity index (χ3v) is 4.68. The minimum Gasteiger partial charge on any atom is -0.480 e. The summed E-state index contributed by atoms with van der Waals surface area (Å²) in [6, 6.07) is 1.64. The molecular formula is C15H18N4O2. The van der Waals surface area contributed by atoms with Crippen LogP contribution in [0.5, 0.6) is 0 Å².